The molecule has 1 N–H and O–H groups in total. The van der Waals surface area contributed by atoms with Crippen LogP contribution in [-0.4, -0.2) is 54.7 Å². The van der Waals surface area contributed by atoms with Crippen molar-refractivity contribution in [1.29, 1.82) is 0 Å². The Morgan fingerprint density at radius 2 is 1.85 bits per heavy atom. The first-order valence-corrected chi connectivity index (χ1v) is 15.1. The van der Waals surface area contributed by atoms with Gasteiger partial charge in [-0.25, -0.2) is 13.4 Å². The van der Waals surface area contributed by atoms with Gasteiger partial charge in [0.15, 0.2) is 5.69 Å². The topological polar surface area (TPSA) is 90.3 Å². The van der Waals surface area contributed by atoms with Crippen LogP contribution in [0.1, 0.15) is 74.0 Å². The molecule has 1 aliphatic carbocycles. The molecule has 0 atom stereocenters. The number of carbonyl (C=O) groups excluding carboxylic acids is 1. The van der Waals surface area contributed by atoms with E-state index >= 15 is 0 Å². The van der Waals surface area contributed by atoms with E-state index in [1.807, 2.05) is 0 Å². The summed E-state index contributed by atoms with van der Waals surface area (Å²) in [7, 11) is -3.12. The molecule has 13 heteroatoms. The van der Waals surface area contributed by atoms with Gasteiger partial charge in [0.05, 0.1) is 16.4 Å². The highest BCUT2D eigenvalue weighted by atomic mass is 32.2. The van der Waals surface area contributed by atoms with Crippen LogP contribution >= 0.6 is 0 Å². The van der Waals surface area contributed by atoms with Crippen LogP contribution in [0.5, 0.6) is 5.75 Å². The number of aryl methyl sites for hydroxylation is 1. The molecule has 0 radical (unpaired) electrons. The van der Waals surface area contributed by atoms with Gasteiger partial charge in [-0.2, -0.15) is 22.0 Å². The number of imidazole rings is 1. The predicted molar refractivity (Wildman–Crippen MR) is 144 cm³/mol. The number of sulfone groups is 1. The van der Waals surface area contributed by atoms with Crippen molar-refractivity contribution >= 4 is 15.7 Å². The Morgan fingerprint density at radius 1 is 1.22 bits per heavy atom. The minimum absolute atomic E-state index is 0.00862. The summed E-state index contributed by atoms with van der Waals surface area (Å²) in [6, 6.07) is 3.80. The third-order valence-electron chi connectivity index (χ3n) is 7.46. The molecule has 226 valence electrons. The first kappa shape index (κ1) is 32.4. The van der Waals surface area contributed by atoms with Gasteiger partial charge in [0.1, 0.15) is 27.1 Å². The number of benzene rings is 1. The van der Waals surface area contributed by atoms with E-state index in [2.05, 4.69) is 16.2 Å². The quantitative estimate of drug-likeness (QED) is 0.287. The third kappa shape index (κ3) is 7.58. The molecule has 7 nitrogen and oxygen atoms in total. The molecule has 1 amide bonds. The summed E-state index contributed by atoms with van der Waals surface area (Å²) in [5.74, 6) is 1.73. The summed E-state index contributed by atoms with van der Waals surface area (Å²) in [6.45, 7) is 0.741. The Labute approximate surface area is 236 Å². The number of halogens is 5. The smallest absolute Gasteiger partial charge is 0.394 e. The molecule has 0 bridgehead atoms. The lowest BCUT2D eigenvalue weighted by atomic mass is 9.85. The zero-order valence-corrected chi connectivity index (χ0v) is 24.1. The number of nitrogens with zero attached hydrogens (tertiary/aromatic N) is 2. The first-order chi connectivity index (χ1) is 19.0. The SMILES string of the molecule is C#Cc1c(C(=O)NCC2CCC(S(C)(=O)=O)CC2)nc(CC)n1-c1ccc(CC(C)(C)C(F)(F)F)cc1OC(F)F. The first-order valence-electron chi connectivity index (χ1n) is 13.2. The van der Waals surface area contributed by atoms with Crippen molar-refractivity contribution in [2.45, 2.75) is 77.3 Å². The van der Waals surface area contributed by atoms with Gasteiger partial charge in [0.2, 0.25) is 0 Å². The average Bonchev–Trinajstić information content (AvgIpc) is 3.24. The van der Waals surface area contributed by atoms with E-state index in [0.717, 1.165) is 19.9 Å². The Hall–Kier alpha value is -3.14. The minimum Gasteiger partial charge on any atom is -0.433 e. The molecule has 2 aromatic rings. The molecule has 0 unspecified atom stereocenters. The van der Waals surface area contributed by atoms with Crippen molar-refractivity contribution in [2.75, 3.05) is 12.8 Å². The number of hydrogen-bond acceptors (Lipinski definition) is 5. The van der Waals surface area contributed by atoms with Crippen LogP contribution < -0.4 is 10.1 Å². The fraction of sp³-hybridized carbons (Fsp3) is 0.571. The molecule has 1 fully saturated rings. The lowest BCUT2D eigenvalue weighted by Crippen LogP contribution is -2.34. The van der Waals surface area contributed by atoms with Crippen LogP contribution in [0.4, 0.5) is 22.0 Å². The van der Waals surface area contributed by atoms with Crippen molar-refractivity contribution in [3.63, 3.8) is 0 Å². The number of nitrogens with one attached hydrogen (secondary N) is 1. The molecule has 3 rings (SSSR count). The highest BCUT2D eigenvalue weighted by molar-refractivity contribution is 7.91. The number of terminal acetylenes is 1. The number of aromatic nitrogens is 2. The van der Waals surface area contributed by atoms with Crippen molar-refractivity contribution < 1.29 is 39.9 Å². The van der Waals surface area contributed by atoms with Crippen LogP contribution in [0.3, 0.4) is 0 Å². The van der Waals surface area contributed by atoms with Gasteiger partial charge in [-0.05, 0) is 61.6 Å². The van der Waals surface area contributed by atoms with E-state index in [1.54, 1.807) is 6.92 Å². The highest BCUT2D eigenvalue weighted by Gasteiger charge is 2.47. The van der Waals surface area contributed by atoms with Gasteiger partial charge < -0.3 is 10.1 Å². The number of carbonyl (C=O) groups is 1. The molecular weight excluding hydrogens is 569 g/mol. The molecule has 1 aromatic carbocycles. The summed E-state index contributed by atoms with van der Waals surface area (Å²) in [6.07, 6.45) is 4.46. The number of ether oxygens (including phenoxy) is 1. The Kier molecular flexibility index (Phi) is 9.78. The number of hydrogen-bond donors (Lipinski definition) is 1. The van der Waals surface area contributed by atoms with Gasteiger partial charge in [0, 0.05) is 19.2 Å². The number of amides is 1. The molecule has 0 saturated heterocycles. The average molecular weight is 604 g/mol. The normalized spacial score (nSPS) is 18.3. The minimum atomic E-state index is -4.53. The van der Waals surface area contributed by atoms with Gasteiger partial charge in [-0.15, -0.1) is 6.42 Å². The lowest BCUT2D eigenvalue weighted by molar-refractivity contribution is -0.211. The van der Waals surface area contributed by atoms with E-state index in [-0.39, 0.29) is 52.6 Å². The van der Waals surface area contributed by atoms with Crippen LogP contribution in [-0.2, 0) is 22.7 Å². The van der Waals surface area contributed by atoms with Gasteiger partial charge in [0.25, 0.3) is 5.91 Å². The van der Waals surface area contributed by atoms with E-state index in [0.29, 0.717) is 25.7 Å². The zero-order valence-electron chi connectivity index (χ0n) is 23.3. The van der Waals surface area contributed by atoms with E-state index in [1.165, 1.54) is 23.0 Å². The van der Waals surface area contributed by atoms with Gasteiger partial charge in [-0.1, -0.05) is 26.8 Å². The fourth-order valence-corrected chi connectivity index (χ4v) is 6.12. The molecule has 1 aliphatic rings. The van der Waals surface area contributed by atoms with Crippen molar-refractivity contribution in [2.24, 2.45) is 11.3 Å². The van der Waals surface area contributed by atoms with Gasteiger partial charge >= 0.3 is 12.8 Å². The second kappa shape index (κ2) is 12.4. The molecule has 1 saturated carbocycles. The van der Waals surface area contributed by atoms with Crippen molar-refractivity contribution in [1.82, 2.24) is 14.9 Å². The Balaban J connectivity index is 1.91. The third-order valence-corrected chi connectivity index (χ3v) is 9.14. The van der Waals surface area contributed by atoms with E-state index in [4.69, 9.17) is 11.2 Å². The van der Waals surface area contributed by atoms with Crippen LogP contribution in [0.15, 0.2) is 18.2 Å². The van der Waals surface area contributed by atoms with E-state index in [9.17, 15) is 35.2 Å². The number of alkyl halides is 5. The second-order valence-corrected chi connectivity index (χ2v) is 13.3. The maximum atomic E-state index is 13.4. The van der Waals surface area contributed by atoms with Gasteiger partial charge in [-0.3, -0.25) is 9.36 Å². The summed E-state index contributed by atoms with van der Waals surface area (Å²) in [4.78, 5) is 17.5. The van der Waals surface area contributed by atoms with E-state index < -0.39 is 46.1 Å². The second-order valence-electron chi connectivity index (χ2n) is 11.0. The Morgan fingerprint density at radius 3 is 2.37 bits per heavy atom. The maximum absolute atomic E-state index is 13.4. The summed E-state index contributed by atoms with van der Waals surface area (Å²) in [5, 5.41) is 2.40. The predicted octanol–water partition coefficient (Wildman–Crippen LogP) is 5.48. The number of rotatable bonds is 10. The standard InChI is InChI=1S/C28H34F5N3O4S/c1-6-20-24(25(37)34-16-17-8-11-19(12-9-17)41(5,38)39)35-23(7-2)36(20)21-13-10-18(14-22(21)40-26(29)30)15-27(3,4)28(31,32)33/h1,10,13-14,17,19,26H,7-9,11-12,15-16H2,2-5H3,(H,34,37). The lowest BCUT2D eigenvalue weighted by Gasteiger charge is -2.28. The summed E-state index contributed by atoms with van der Waals surface area (Å²) >= 11 is 0. The molecule has 1 heterocycles. The molecule has 41 heavy (non-hydrogen) atoms. The van der Waals surface area contributed by atoms with Crippen LogP contribution in [0.25, 0.3) is 5.69 Å². The summed E-state index contributed by atoms with van der Waals surface area (Å²) in [5.41, 5.74) is -2.13. The van der Waals surface area contributed by atoms with Crippen LogP contribution in [0, 0.1) is 23.7 Å². The zero-order chi connectivity index (χ0) is 30.8. The van der Waals surface area contributed by atoms with Crippen LogP contribution in [0.2, 0.25) is 0 Å². The molecule has 0 spiro atoms. The largest absolute Gasteiger partial charge is 0.433 e. The molecular formula is C28H34F5N3O4S. The Bertz CT molecular complexity index is 1400. The fourth-order valence-electron chi connectivity index (χ4n) is 4.99. The maximum Gasteiger partial charge on any atom is 0.394 e. The highest BCUT2D eigenvalue weighted by Crippen LogP contribution is 2.41. The molecule has 1 aromatic heterocycles. The van der Waals surface area contributed by atoms with Crippen molar-refractivity contribution in [3.8, 4) is 23.8 Å². The van der Waals surface area contributed by atoms with Crippen molar-refractivity contribution in [3.05, 3.63) is 41.0 Å². The summed E-state index contributed by atoms with van der Waals surface area (Å²) < 4.78 is 96.7. The monoisotopic (exact) mass is 603 g/mol. The molecule has 0 aliphatic heterocycles.